The van der Waals surface area contributed by atoms with Crippen molar-refractivity contribution in [2.24, 2.45) is 0 Å². The molecule has 0 saturated carbocycles. The van der Waals surface area contributed by atoms with Crippen LogP contribution in [0.25, 0.3) is 0 Å². The summed E-state index contributed by atoms with van der Waals surface area (Å²) in [6, 6.07) is 7.45. The Morgan fingerprint density at radius 2 is 1.67 bits per heavy atom. The summed E-state index contributed by atoms with van der Waals surface area (Å²) >= 11 is 0. The summed E-state index contributed by atoms with van der Waals surface area (Å²) in [5.74, 6) is 1.59. The predicted octanol–water partition coefficient (Wildman–Crippen LogP) is 2.84. The molecule has 9 heteroatoms. The molecule has 1 fully saturated rings. The van der Waals surface area contributed by atoms with Crippen LogP contribution in [0.4, 0.5) is 11.5 Å². The zero-order valence-corrected chi connectivity index (χ0v) is 18.8. The summed E-state index contributed by atoms with van der Waals surface area (Å²) in [5, 5.41) is 0. The molecule has 8 nitrogen and oxygen atoms in total. The van der Waals surface area contributed by atoms with E-state index >= 15 is 0 Å². The third kappa shape index (κ3) is 5.21. The molecule has 1 aromatic heterocycles. The molecule has 1 amide bonds. The average Bonchev–Trinajstić information content (AvgIpc) is 2.64. The van der Waals surface area contributed by atoms with E-state index in [1.54, 1.807) is 24.0 Å². The highest BCUT2D eigenvalue weighted by molar-refractivity contribution is 7.92. The molecule has 0 aliphatic carbocycles. The number of nitrogens with one attached hydrogen (secondary N) is 1. The molecule has 0 radical (unpaired) electrons. The number of hydrogen-bond acceptors (Lipinski definition) is 6. The van der Waals surface area contributed by atoms with Crippen molar-refractivity contribution in [1.82, 2.24) is 9.88 Å². The summed E-state index contributed by atoms with van der Waals surface area (Å²) in [5.41, 5.74) is 3.29. The van der Waals surface area contributed by atoms with Crippen molar-refractivity contribution in [3.05, 3.63) is 41.0 Å². The fourth-order valence-corrected chi connectivity index (χ4v) is 4.19. The van der Waals surface area contributed by atoms with E-state index in [4.69, 9.17) is 4.74 Å². The lowest BCUT2D eigenvalue weighted by Gasteiger charge is -2.35. The molecule has 0 atom stereocenters. The lowest BCUT2D eigenvalue weighted by molar-refractivity contribution is -0.129. The van der Waals surface area contributed by atoms with Gasteiger partial charge in [0, 0.05) is 33.1 Å². The second-order valence-electron chi connectivity index (χ2n) is 7.72. The molecule has 162 valence electrons. The summed E-state index contributed by atoms with van der Waals surface area (Å²) in [6.45, 7) is 10.0. The first kappa shape index (κ1) is 21.9. The largest absolute Gasteiger partial charge is 0.436 e. The van der Waals surface area contributed by atoms with Crippen molar-refractivity contribution in [2.45, 2.75) is 27.7 Å². The van der Waals surface area contributed by atoms with Gasteiger partial charge in [0.25, 0.3) is 0 Å². The first-order chi connectivity index (χ1) is 14.0. The number of piperazine rings is 1. The minimum absolute atomic E-state index is 0.0599. The van der Waals surface area contributed by atoms with Gasteiger partial charge in [0.05, 0.1) is 6.26 Å². The molecule has 30 heavy (non-hydrogen) atoms. The van der Waals surface area contributed by atoms with Crippen molar-refractivity contribution in [3.63, 3.8) is 0 Å². The van der Waals surface area contributed by atoms with Crippen LogP contribution in [-0.4, -0.2) is 56.6 Å². The Morgan fingerprint density at radius 1 is 1.07 bits per heavy atom. The van der Waals surface area contributed by atoms with Gasteiger partial charge in [0.2, 0.25) is 21.8 Å². The van der Waals surface area contributed by atoms with E-state index < -0.39 is 10.0 Å². The topological polar surface area (TPSA) is 91.8 Å². The van der Waals surface area contributed by atoms with E-state index in [-0.39, 0.29) is 17.5 Å². The molecule has 1 aliphatic rings. The molecule has 0 unspecified atom stereocenters. The number of aromatic nitrogens is 1. The van der Waals surface area contributed by atoms with Gasteiger partial charge in [-0.05, 0) is 44.0 Å². The van der Waals surface area contributed by atoms with Gasteiger partial charge in [0.15, 0.2) is 0 Å². The minimum atomic E-state index is -3.50. The fraction of sp³-hybridized carbons (Fsp3) is 0.429. The second-order valence-corrected chi connectivity index (χ2v) is 9.47. The number of aryl methyl sites for hydroxylation is 3. The molecule has 0 spiro atoms. The van der Waals surface area contributed by atoms with E-state index in [0.29, 0.717) is 37.7 Å². The van der Waals surface area contributed by atoms with Gasteiger partial charge >= 0.3 is 0 Å². The maximum atomic E-state index is 11.8. The van der Waals surface area contributed by atoms with Gasteiger partial charge in [-0.3, -0.25) is 9.52 Å². The molecule has 2 aromatic rings. The monoisotopic (exact) mass is 432 g/mol. The van der Waals surface area contributed by atoms with Gasteiger partial charge in [-0.2, -0.15) is 4.98 Å². The number of carbonyl (C=O) groups is 1. The van der Waals surface area contributed by atoms with E-state index in [9.17, 15) is 13.2 Å². The number of hydrogen-bond donors (Lipinski definition) is 1. The minimum Gasteiger partial charge on any atom is -0.436 e. The summed E-state index contributed by atoms with van der Waals surface area (Å²) in [4.78, 5) is 20.1. The van der Waals surface area contributed by atoms with Gasteiger partial charge in [-0.1, -0.05) is 17.7 Å². The number of pyridine rings is 1. The highest BCUT2D eigenvalue weighted by Gasteiger charge is 2.22. The maximum absolute atomic E-state index is 11.8. The van der Waals surface area contributed by atoms with E-state index in [1.165, 1.54) is 0 Å². The first-order valence-corrected chi connectivity index (χ1v) is 11.7. The van der Waals surface area contributed by atoms with E-state index in [2.05, 4.69) is 14.6 Å². The van der Waals surface area contributed by atoms with Crippen LogP contribution in [0.15, 0.2) is 24.3 Å². The number of ether oxygens (including phenoxy) is 1. The molecule has 1 aliphatic heterocycles. The molecule has 1 aromatic carbocycles. The average molecular weight is 433 g/mol. The van der Waals surface area contributed by atoms with Crippen LogP contribution in [0.3, 0.4) is 0 Å². The van der Waals surface area contributed by atoms with Crippen LogP contribution in [0.2, 0.25) is 0 Å². The van der Waals surface area contributed by atoms with Gasteiger partial charge in [-0.15, -0.1) is 0 Å². The van der Waals surface area contributed by atoms with Crippen LogP contribution in [-0.2, 0) is 14.8 Å². The number of carbonyl (C=O) groups excluding carboxylic acids is 1. The third-order valence-electron chi connectivity index (χ3n) is 4.99. The van der Waals surface area contributed by atoms with Crippen LogP contribution in [0, 0.1) is 20.8 Å². The van der Waals surface area contributed by atoms with Gasteiger partial charge in [-0.25, -0.2) is 8.42 Å². The molecular formula is C21H28N4O4S. The molecule has 1 saturated heterocycles. The number of rotatable bonds is 5. The molecular weight excluding hydrogens is 404 g/mol. The Hall–Kier alpha value is -2.81. The van der Waals surface area contributed by atoms with Crippen LogP contribution >= 0.6 is 0 Å². The van der Waals surface area contributed by atoms with Crippen molar-refractivity contribution < 1.29 is 17.9 Å². The lowest BCUT2D eigenvalue weighted by Crippen LogP contribution is -2.48. The second kappa shape index (κ2) is 8.51. The molecule has 0 bridgehead atoms. The molecule has 3 rings (SSSR count). The Kier molecular flexibility index (Phi) is 6.21. The molecule has 2 heterocycles. The number of amides is 1. The molecule has 1 N–H and O–H groups in total. The number of anilines is 2. The quantitative estimate of drug-likeness (QED) is 0.781. The first-order valence-electron chi connectivity index (χ1n) is 9.78. The SMILES string of the molecule is CC(=O)N1CCN(c2ccc(NS(C)(=O)=O)c(Oc3c(C)cc(C)cc3C)n2)CC1. The Morgan fingerprint density at radius 3 is 2.20 bits per heavy atom. The zero-order chi connectivity index (χ0) is 22.1. The Balaban J connectivity index is 1.95. The van der Waals surface area contributed by atoms with Crippen LogP contribution in [0.1, 0.15) is 23.6 Å². The smallest absolute Gasteiger partial charge is 0.245 e. The zero-order valence-electron chi connectivity index (χ0n) is 18.0. The Bertz CT molecular complexity index is 1040. The number of sulfonamides is 1. The van der Waals surface area contributed by atoms with E-state index in [1.807, 2.05) is 32.9 Å². The van der Waals surface area contributed by atoms with Gasteiger partial charge in [0.1, 0.15) is 17.3 Å². The number of benzene rings is 1. The van der Waals surface area contributed by atoms with Gasteiger partial charge < -0.3 is 14.5 Å². The predicted molar refractivity (Wildman–Crippen MR) is 118 cm³/mol. The lowest BCUT2D eigenvalue weighted by atomic mass is 10.1. The van der Waals surface area contributed by atoms with Crippen molar-refractivity contribution >= 4 is 27.4 Å². The van der Waals surface area contributed by atoms with Crippen molar-refractivity contribution in [1.29, 1.82) is 0 Å². The van der Waals surface area contributed by atoms with Crippen LogP contribution in [0.5, 0.6) is 11.6 Å². The highest BCUT2D eigenvalue weighted by atomic mass is 32.2. The highest BCUT2D eigenvalue weighted by Crippen LogP contribution is 2.35. The normalized spacial score (nSPS) is 14.6. The number of nitrogens with zero attached hydrogens (tertiary/aromatic N) is 3. The summed E-state index contributed by atoms with van der Waals surface area (Å²) in [7, 11) is -3.50. The standard InChI is InChI=1S/C21H28N4O4S/c1-14-12-15(2)20(16(3)13-14)29-21-18(23-30(5,27)28)6-7-19(22-21)25-10-8-24(9-11-25)17(4)26/h6-7,12-13,23H,8-11H2,1-5H3. The fourth-order valence-electron chi connectivity index (χ4n) is 3.64. The van der Waals surface area contributed by atoms with Crippen LogP contribution < -0.4 is 14.4 Å². The summed E-state index contributed by atoms with van der Waals surface area (Å²) in [6.07, 6.45) is 1.09. The maximum Gasteiger partial charge on any atom is 0.245 e. The summed E-state index contributed by atoms with van der Waals surface area (Å²) < 4.78 is 32.3. The Labute approximate surface area is 177 Å². The van der Waals surface area contributed by atoms with E-state index in [0.717, 1.165) is 22.9 Å². The third-order valence-corrected chi connectivity index (χ3v) is 5.58. The van der Waals surface area contributed by atoms with Crippen molar-refractivity contribution in [3.8, 4) is 11.6 Å². The van der Waals surface area contributed by atoms with Crippen molar-refractivity contribution in [2.75, 3.05) is 42.1 Å².